The van der Waals surface area contributed by atoms with E-state index >= 15 is 0 Å². The van der Waals surface area contributed by atoms with Gasteiger partial charge in [0.25, 0.3) is 0 Å². The van der Waals surface area contributed by atoms with Crippen molar-refractivity contribution in [1.29, 1.82) is 0 Å². The average molecular weight is 607 g/mol. The summed E-state index contributed by atoms with van der Waals surface area (Å²) in [5.41, 5.74) is 2.74. The molecule has 3 aromatic rings. The van der Waals surface area contributed by atoms with E-state index in [1.165, 1.54) is 6.08 Å². The number of para-hydroxylation sites is 2. The van der Waals surface area contributed by atoms with E-state index in [1.807, 2.05) is 48.5 Å². The van der Waals surface area contributed by atoms with Crippen LogP contribution in [-0.4, -0.2) is 23.5 Å². The molecule has 3 aromatic carbocycles. The molecule has 1 unspecified atom stereocenters. The number of carbonyl (C=O) groups excluding carboxylic acids is 3. The SMILES string of the molecule is CCCCC(C(=O)Nc1ccc(Br)cc1)c1ccc(/C=C/C(=O)Nc2ccccc2NC(=O)OC(C)(C)C)cc1. The molecule has 1 atom stereocenters. The number of rotatable bonds is 10. The number of halogens is 1. The zero-order chi connectivity index (χ0) is 29.1. The standard InChI is InChI=1S/C32H36BrN3O4/c1-5-6-9-26(30(38)34-25-19-17-24(33)18-20-25)23-15-12-22(13-16-23)14-21-29(37)35-27-10-7-8-11-28(27)36-31(39)40-32(2,3)4/h7-8,10-21,26H,5-6,9H2,1-4H3,(H,34,38)(H,35,37)(H,36,39)/b21-14+. The molecular weight excluding hydrogens is 570 g/mol. The van der Waals surface area contributed by atoms with Crippen LogP contribution in [0.15, 0.2) is 83.3 Å². The Bertz CT molecular complexity index is 1330. The molecule has 0 spiro atoms. The first-order valence-electron chi connectivity index (χ1n) is 13.3. The molecule has 0 saturated carbocycles. The fourth-order valence-electron chi connectivity index (χ4n) is 3.92. The maximum Gasteiger partial charge on any atom is 0.412 e. The molecule has 0 aliphatic rings. The molecule has 7 nitrogen and oxygen atoms in total. The molecule has 3 amide bonds. The highest BCUT2D eigenvalue weighted by Crippen LogP contribution is 2.26. The van der Waals surface area contributed by atoms with Gasteiger partial charge in [-0.15, -0.1) is 0 Å². The summed E-state index contributed by atoms with van der Waals surface area (Å²) in [5, 5.41) is 8.48. The largest absolute Gasteiger partial charge is 0.444 e. The Labute approximate surface area is 244 Å². The van der Waals surface area contributed by atoms with Gasteiger partial charge in [0.1, 0.15) is 5.60 Å². The molecule has 210 valence electrons. The summed E-state index contributed by atoms with van der Waals surface area (Å²) in [6.45, 7) is 7.44. The lowest BCUT2D eigenvalue weighted by atomic mass is 9.92. The molecule has 0 aliphatic heterocycles. The van der Waals surface area contributed by atoms with Crippen LogP contribution >= 0.6 is 15.9 Å². The number of hydrogen-bond acceptors (Lipinski definition) is 4. The highest BCUT2D eigenvalue weighted by molar-refractivity contribution is 9.10. The summed E-state index contributed by atoms with van der Waals surface area (Å²) in [7, 11) is 0. The van der Waals surface area contributed by atoms with Crippen molar-refractivity contribution in [1.82, 2.24) is 0 Å². The molecule has 40 heavy (non-hydrogen) atoms. The lowest BCUT2D eigenvalue weighted by molar-refractivity contribution is -0.117. The fourth-order valence-corrected chi connectivity index (χ4v) is 4.18. The predicted molar refractivity (Wildman–Crippen MR) is 165 cm³/mol. The zero-order valence-electron chi connectivity index (χ0n) is 23.3. The van der Waals surface area contributed by atoms with E-state index < -0.39 is 11.7 Å². The Balaban J connectivity index is 1.65. The Morgan fingerprint density at radius 2 is 1.50 bits per heavy atom. The Kier molecular flexibility index (Phi) is 11.1. The number of anilines is 3. The van der Waals surface area contributed by atoms with Crippen LogP contribution in [0.5, 0.6) is 0 Å². The molecule has 8 heteroatoms. The van der Waals surface area contributed by atoms with Crippen molar-refractivity contribution >= 4 is 57.0 Å². The summed E-state index contributed by atoms with van der Waals surface area (Å²) >= 11 is 3.41. The maximum atomic E-state index is 13.1. The molecule has 0 aromatic heterocycles. The smallest absolute Gasteiger partial charge is 0.412 e. The van der Waals surface area contributed by atoms with Crippen molar-refractivity contribution in [3.8, 4) is 0 Å². The summed E-state index contributed by atoms with van der Waals surface area (Å²) < 4.78 is 6.25. The minimum absolute atomic E-state index is 0.0444. The molecule has 0 bridgehead atoms. The van der Waals surface area contributed by atoms with E-state index in [1.54, 1.807) is 51.1 Å². The second-order valence-electron chi connectivity index (χ2n) is 10.4. The third-order valence-corrected chi connectivity index (χ3v) is 6.39. The normalized spacial score (nSPS) is 12.0. The van der Waals surface area contributed by atoms with Gasteiger partial charge in [-0.05, 0) is 80.8 Å². The van der Waals surface area contributed by atoms with Crippen molar-refractivity contribution in [2.75, 3.05) is 16.0 Å². The minimum Gasteiger partial charge on any atom is -0.444 e. The van der Waals surface area contributed by atoms with Crippen LogP contribution < -0.4 is 16.0 Å². The molecule has 3 N–H and O–H groups in total. The van der Waals surface area contributed by atoms with Gasteiger partial charge in [-0.2, -0.15) is 0 Å². The monoisotopic (exact) mass is 605 g/mol. The Morgan fingerprint density at radius 3 is 2.10 bits per heavy atom. The van der Waals surface area contributed by atoms with Crippen molar-refractivity contribution in [2.24, 2.45) is 0 Å². The van der Waals surface area contributed by atoms with E-state index in [4.69, 9.17) is 4.74 Å². The van der Waals surface area contributed by atoms with Gasteiger partial charge in [-0.3, -0.25) is 14.9 Å². The Hall–Kier alpha value is -3.91. The van der Waals surface area contributed by atoms with E-state index in [2.05, 4.69) is 38.8 Å². The van der Waals surface area contributed by atoms with Gasteiger partial charge in [-0.1, -0.05) is 72.1 Å². The highest BCUT2D eigenvalue weighted by Gasteiger charge is 2.20. The van der Waals surface area contributed by atoms with E-state index in [0.29, 0.717) is 11.4 Å². The Morgan fingerprint density at radius 1 is 0.875 bits per heavy atom. The third kappa shape index (κ3) is 10.0. The predicted octanol–water partition coefficient (Wildman–Crippen LogP) is 8.36. The number of nitrogens with one attached hydrogen (secondary N) is 3. The lowest BCUT2D eigenvalue weighted by Gasteiger charge is -2.20. The maximum absolute atomic E-state index is 13.1. The summed E-state index contributed by atoms with van der Waals surface area (Å²) in [5.74, 6) is -0.673. The first-order valence-corrected chi connectivity index (χ1v) is 14.1. The van der Waals surface area contributed by atoms with Crippen molar-refractivity contribution < 1.29 is 19.1 Å². The molecular formula is C32H36BrN3O4. The summed E-state index contributed by atoms with van der Waals surface area (Å²) in [6.07, 6.45) is 5.19. The first-order chi connectivity index (χ1) is 19.0. The van der Waals surface area contributed by atoms with Gasteiger partial charge in [0.05, 0.1) is 17.3 Å². The lowest BCUT2D eigenvalue weighted by Crippen LogP contribution is -2.27. The number of ether oxygens (including phenoxy) is 1. The second kappa shape index (κ2) is 14.5. The van der Waals surface area contributed by atoms with Gasteiger partial charge in [-0.25, -0.2) is 4.79 Å². The van der Waals surface area contributed by atoms with E-state index in [-0.39, 0.29) is 17.7 Å². The number of benzene rings is 3. The van der Waals surface area contributed by atoms with Crippen molar-refractivity contribution in [2.45, 2.75) is 58.5 Å². The average Bonchev–Trinajstić information content (AvgIpc) is 2.90. The van der Waals surface area contributed by atoms with Crippen LogP contribution in [0.4, 0.5) is 21.9 Å². The van der Waals surface area contributed by atoms with Gasteiger partial charge < -0.3 is 15.4 Å². The van der Waals surface area contributed by atoms with Gasteiger partial charge in [0, 0.05) is 16.2 Å². The topological polar surface area (TPSA) is 96.5 Å². The van der Waals surface area contributed by atoms with Gasteiger partial charge in [0.2, 0.25) is 11.8 Å². The second-order valence-corrected chi connectivity index (χ2v) is 11.3. The van der Waals surface area contributed by atoms with Crippen molar-refractivity contribution in [3.63, 3.8) is 0 Å². The van der Waals surface area contributed by atoms with Crippen LogP contribution in [0.1, 0.15) is 64.0 Å². The molecule has 0 fully saturated rings. The molecule has 0 aliphatic carbocycles. The van der Waals surface area contributed by atoms with Crippen LogP contribution in [0, 0.1) is 0 Å². The molecule has 0 saturated heterocycles. The summed E-state index contributed by atoms with van der Waals surface area (Å²) in [6, 6.07) is 22.1. The number of carbonyl (C=O) groups is 3. The van der Waals surface area contributed by atoms with Crippen LogP contribution in [0.2, 0.25) is 0 Å². The van der Waals surface area contributed by atoms with Crippen LogP contribution in [0.25, 0.3) is 6.08 Å². The molecule has 0 heterocycles. The molecule has 3 rings (SSSR count). The number of unbranched alkanes of at least 4 members (excludes halogenated alkanes) is 1. The first kappa shape index (κ1) is 30.6. The van der Waals surface area contributed by atoms with Gasteiger partial charge in [0.15, 0.2) is 0 Å². The minimum atomic E-state index is -0.639. The number of hydrogen-bond donors (Lipinski definition) is 3. The number of amides is 3. The summed E-state index contributed by atoms with van der Waals surface area (Å²) in [4.78, 5) is 37.9. The fraction of sp³-hybridized carbons (Fsp3) is 0.281. The third-order valence-electron chi connectivity index (χ3n) is 5.86. The quantitative estimate of drug-likeness (QED) is 0.202. The van der Waals surface area contributed by atoms with Crippen LogP contribution in [-0.2, 0) is 14.3 Å². The highest BCUT2D eigenvalue weighted by atomic mass is 79.9. The zero-order valence-corrected chi connectivity index (χ0v) is 24.9. The molecule has 0 radical (unpaired) electrons. The van der Waals surface area contributed by atoms with Crippen molar-refractivity contribution in [3.05, 3.63) is 94.5 Å². The van der Waals surface area contributed by atoms with Crippen LogP contribution in [0.3, 0.4) is 0 Å². The van der Waals surface area contributed by atoms with E-state index in [0.717, 1.165) is 40.5 Å². The van der Waals surface area contributed by atoms with Gasteiger partial charge >= 0.3 is 6.09 Å². The van der Waals surface area contributed by atoms with E-state index in [9.17, 15) is 14.4 Å².